The van der Waals surface area contributed by atoms with E-state index in [0.29, 0.717) is 6.42 Å². The quantitative estimate of drug-likeness (QED) is 0.524. The molecule has 0 aliphatic carbocycles. The lowest BCUT2D eigenvalue weighted by Crippen LogP contribution is -2.61. The maximum atomic E-state index is 13.2. The summed E-state index contributed by atoms with van der Waals surface area (Å²) in [6.45, 7) is 7.24. The van der Waals surface area contributed by atoms with Gasteiger partial charge in [-0.3, -0.25) is 19.8 Å². The van der Waals surface area contributed by atoms with Crippen molar-refractivity contribution in [2.45, 2.75) is 45.3 Å². The van der Waals surface area contributed by atoms with Crippen LogP contribution in [0, 0.1) is 16.0 Å². The summed E-state index contributed by atoms with van der Waals surface area (Å²) in [7, 11) is 0. The summed E-state index contributed by atoms with van der Waals surface area (Å²) in [4.78, 5) is 28.8. The maximum Gasteiger partial charge on any atom is 0.269 e. The molecule has 2 aliphatic heterocycles. The summed E-state index contributed by atoms with van der Waals surface area (Å²) < 4.78 is 0. The molecule has 0 radical (unpaired) electrons. The van der Waals surface area contributed by atoms with Gasteiger partial charge in [0.05, 0.1) is 16.9 Å². The number of nitrogens with one attached hydrogen (secondary N) is 1. The van der Waals surface area contributed by atoms with Crippen molar-refractivity contribution in [3.8, 4) is 0 Å². The summed E-state index contributed by atoms with van der Waals surface area (Å²) in [5.74, 6) is -0.230. The fourth-order valence-electron chi connectivity index (χ4n) is 4.73. The third-order valence-electron chi connectivity index (χ3n) is 6.65. The second kappa shape index (κ2) is 9.46. The summed E-state index contributed by atoms with van der Waals surface area (Å²) in [5, 5.41) is 15.2. The third kappa shape index (κ3) is 4.74. The number of halogens is 1. The van der Waals surface area contributed by atoms with Gasteiger partial charge in [-0.25, -0.2) is 0 Å². The Labute approximate surface area is 193 Å². The highest BCUT2D eigenvalue weighted by molar-refractivity contribution is 6.30. The van der Waals surface area contributed by atoms with Gasteiger partial charge in [0.25, 0.3) is 5.69 Å². The molecule has 0 saturated carbocycles. The molecule has 2 aromatic carbocycles. The number of piperazine rings is 1. The van der Waals surface area contributed by atoms with Gasteiger partial charge < -0.3 is 10.2 Å². The number of carbonyl (C=O) groups excluding carboxylic acids is 1. The van der Waals surface area contributed by atoms with Crippen LogP contribution in [0.1, 0.15) is 31.4 Å². The number of hydrogen-bond donors (Lipinski definition) is 1. The van der Waals surface area contributed by atoms with Crippen LogP contribution in [0.25, 0.3) is 0 Å². The van der Waals surface area contributed by atoms with Gasteiger partial charge in [0.15, 0.2) is 0 Å². The molecule has 0 bridgehead atoms. The fraction of sp³-hybridized carbons (Fsp3) is 0.458. The number of nitro benzene ring substituents is 1. The molecule has 2 heterocycles. The van der Waals surface area contributed by atoms with Crippen LogP contribution in [-0.4, -0.2) is 47.4 Å². The number of nitro groups is 1. The molecule has 0 spiro atoms. The predicted molar refractivity (Wildman–Crippen MR) is 126 cm³/mol. The summed E-state index contributed by atoms with van der Waals surface area (Å²) in [6.07, 6.45) is 1.37. The first-order chi connectivity index (χ1) is 15.4. The Balaban J connectivity index is 1.60. The molecule has 1 N–H and O–H groups in total. The first-order valence-corrected chi connectivity index (χ1v) is 11.5. The van der Waals surface area contributed by atoms with E-state index in [1.807, 2.05) is 44.2 Å². The summed E-state index contributed by atoms with van der Waals surface area (Å²) >= 11 is 6.02. The zero-order valence-corrected chi connectivity index (χ0v) is 19.2. The van der Waals surface area contributed by atoms with Crippen LogP contribution >= 0.6 is 11.6 Å². The molecule has 1 amide bonds. The predicted octanol–water partition coefficient (Wildman–Crippen LogP) is 4.03. The highest BCUT2D eigenvalue weighted by Gasteiger charge is 2.42. The van der Waals surface area contributed by atoms with E-state index in [4.69, 9.17) is 11.6 Å². The molecule has 1 saturated heterocycles. The summed E-state index contributed by atoms with van der Waals surface area (Å²) in [6, 6.07) is 13.0. The smallest absolute Gasteiger partial charge is 0.269 e. The van der Waals surface area contributed by atoms with Crippen molar-refractivity contribution in [3.05, 3.63) is 68.7 Å². The Bertz CT molecular complexity index is 997. The largest absolute Gasteiger partial charge is 0.365 e. The summed E-state index contributed by atoms with van der Waals surface area (Å²) in [5.41, 5.74) is 3.16. The molecular weight excluding hydrogens is 428 g/mol. The van der Waals surface area contributed by atoms with Crippen LogP contribution < -0.4 is 10.2 Å². The van der Waals surface area contributed by atoms with Gasteiger partial charge in [0.1, 0.15) is 0 Å². The van der Waals surface area contributed by atoms with Crippen LogP contribution in [0.15, 0.2) is 42.5 Å². The number of amides is 1. The topological polar surface area (TPSA) is 78.7 Å². The van der Waals surface area contributed by atoms with Crippen LogP contribution in [0.4, 0.5) is 11.4 Å². The molecule has 7 nitrogen and oxygen atoms in total. The lowest BCUT2D eigenvalue weighted by Gasteiger charge is -2.49. The van der Waals surface area contributed by atoms with Crippen molar-refractivity contribution in [1.29, 1.82) is 0 Å². The van der Waals surface area contributed by atoms with Crippen LogP contribution in [-0.2, 0) is 17.8 Å². The first-order valence-electron chi connectivity index (χ1n) is 11.2. The van der Waals surface area contributed by atoms with Gasteiger partial charge >= 0.3 is 0 Å². The monoisotopic (exact) mass is 456 g/mol. The molecule has 2 aliphatic rings. The molecule has 2 aromatic rings. The lowest BCUT2D eigenvalue weighted by molar-refractivity contribution is -0.384. The van der Waals surface area contributed by atoms with E-state index in [1.54, 1.807) is 12.1 Å². The van der Waals surface area contributed by atoms with Gasteiger partial charge in [-0.15, -0.1) is 0 Å². The molecule has 0 aromatic heterocycles. The van der Waals surface area contributed by atoms with Crippen molar-refractivity contribution in [1.82, 2.24) is 10.2 Å². The first kappa shape index (κ1) is 22.6. The van der Waals surface area contributed by atoms with E-state index in [1.165, 1.54) is 5.56 Å². The average Bonchev–Trinajstić information content (AvgIpc) is 2.79. The molecule has 170 valence electrons. The number of carbonyl (C=O) groups is 1. The highest BCUT2D eigenvalue weighted by Crippen LogP contribution is 2.38. The Morgan fingerprint density at radius 2 is 2.00 bits per heavy atom. The SMILES string of the molecule is CC[C@H](C)NC(=O)[C@H]1Cc2cc([N+](=O)[O-])ccc2N2CCN(Cc3ccc(Cl)cc3)C[C@@H]12. The van der Waals surface area contributed by atoms with Gasteiger partial charge in [-0.1, -0.05) is 30.7 Å². The molecular formula is C24H29ClN4O3. The minimum absolute atomic E-state index is 0.0223. The normalized spacial score (nSPS) is 21.4. The van der Waals surface area contributed by atoms with Gasteiger partial charge in [-0.2, -0.15) is 0 Å². The lowest BCUT2D eigenvalue weighted by atomic mass is 9.83. The Hall–Kier alpha value is -2.64. The molecule has 0 unspecified atom stereocenters. The highest BCUT2D eigenvalue weighted by atomic mass is 35.5. The van der Waals surface area contributed by atoms with E-state index < -0.39 is 0 Å². The Morgan fingerprint density at radius 1 is 1.25 bits per heavy atom. The number of rotatable bonds is 6. The van der Waals surface area contributed by atoms with E-state index in [0.717, 1.165) is 48.9 Å². The Kier molecular flexibility index (Phi) is 6.67. The van der Waals surface area contributed by atoms with Crippen LogP contribution in [0.3, 0.4) is 0 Å². The van der Waals surface area contributed by atoms with Gasteiger partial charge in [0.2, 0.25) is 5.91 Å². The zero-order valence-electron chi connectivity index (χ0n) is 18.5. The minimum atomic E-state index is -0.370. The second-order valence-corrected chi connectivity index (χ2v) is 9.26. The molecule has 32 heavy (non-hydrogen) atoms. The fourth-order valence-corrected chi connectivity index (χ4v) is 4.85. The van der Waals surface area contributed by atoms with E-state index in [9.17, 15) is 14.9 Å². The number of hydrogen-bond acceptors (Lipinski definition) is 5. The molecule has 8 heteroatoms. The molecule has 4 rings (SSSR count). The van der Waals surface area contributed by atoms with Crippen molar-refractivity contribution in [2.24, 2.45) is 5.92 Å². The molecule has 3 atom stereocenters. The van der Waals surface area contributed by atoms with E-state index in [2.05, 4.69) is 15.1 Å². The minimum Gasteiger partial charge on any atom is -0.365 e. The van der Waals surface area contributed by atoms with Crippen LogP contribution in [0.5, 0.6) is 0 Å². The number of fused-ring (bicyclic) bond motifs is 3. The average molecular weight is 457 g/mol. The zero-order chi connectivity index (χ0) is 22.8. The second-order valence-electron chi connectivity index (χ2n) is 8.82. The third-order valence-corrected chi connectivity index (χ3v) is 6.90. The van der Waals surface area contributed by atoms with Crippen molar-refractivity contribution in [3.63, 3.8) is 0 Å². The number of nitrogens with zero attached hydrogens (tertiary/aromatic N) is 3. The van der Waals surface area contributed by atoms with Gasteiger partial charge in [0, 0.05) is 55.1 Å². The maximum absolute atomic E-state index is 13.2. The number of non-ortho nitro benzene ring substituents is 1. The molecule has 1 fully saturated rings. The standard InChI is InChI=1S/C24H29ClN4O3/c1-3-16(2)26-24(30)21-13-18-12-20(29(31)32)8-9-22(18)28-11-10-27(15-23(21)28)14-17-4-6-19(25)7-5-17/h4-9,12,16,21,23H,3,10-11,13-15H2,1-2H3,(H,26,30)/t16-,21-,23-/m0/s1. The van der Waals surface area contributed by atoms with Crippen molar-refractivity contribution < 1.29 is 9.72 Å². The number of anilines is 1. The van der Waals surface area contributed by atoms with Gasteiger partial charge in [-0.05, 0) is 49.1 Å². The number of benzene rings is 2. The van der Waals surface area contributed by atoms with Crippen molar-refractivity contribution in [2.75, 3.05) is 24.5 Å². The van der Waals surface area contributed by atoms with Crippen molar-refractivity contribution >= 4 is 28.9 Å². The van der Waals surface area contributed by atoms with Crippen LogP contribution in [0.2, 0.25) is 5.02 Å². The van der Waals surface area contributed by atoms with E-state index in [-0.39, 0.29) is 34.5 Å². The Morgan fingerprint density at radius 3 is 2.69 bits per heavy atom. The van der Waals surface area contributed by atoms with E-state index >= 15 is 0 Å².